The molecule has 168 valence electrons. The van der Waals surface area contributed by atoms with Gasteiger partial charge in [0.05, 0.1) is 5.69 Å². The molecule has 7 heteroatoms. The molecule has 0 aliphatic carbocycles. The van der Waals surface area contributed by atoms with E-state index in [1.807, 2.05) is 41.3 Å². The highest BCUT2D eigenvalue weighted by atomic mass is 16.2. The van der Waals surface area contributed by atoms with Crippen LogP contribution in [0.4, 0.5) is 5.69 Å². The Hall–Kier alpha value is -3.19. The van der Waals surface area contributed by atoms with Gasteiger partial charge >= 0.3 is 0 Å². The number of aliphatic imine (C=N–C) groups is 1. The van der Waals surface area contributed by atoms with Gasteiger partial charge in [-0.15, -0.1) is 0 Å². The van der Waals surface area contributed by atoms with E-state index in [9.17, 15) is 9.59 Å². The molecule has 0 bridgehead atoms. The van der Waals surface area contributed by atoms with Crippen LogP contribution in [0, 0.1) is 0 Å². The monoisotopic (exact) mass is 433 g/mol. The molecule has 2 amide bonds. The van der Waals surface area contributed by atoms with Crippen molar-refractivity contribution < 1.29 is 9.59 Å². The summed E-state index contributed by atoms with van der Waals surface area (Å²) in [7, 11) is 0. The molecule has 1 atom stereocenters. The smallest absolute Gasteiger partial charge is 0.290 e. The average Bonchev–Trinajstić information content (AvgIpc) is 3.07. The topological polar surface area (TPSA) is 68.2 Å². The zero-order valence-electron chi connectivity index (χ0n) is 18.6. The van der Waals surface area contributed by atoms with Crippen molar-refractivity contribution in [3.05, 3.63) is 66.2 Å². The fourth-order valence-electron chi connectivity index (χ4n) is 4.20. The Morgan fingerprint density at radius 2 is 1.72 bits per heavy atom. The molecule has 1 saturated heterocycles. The van der Waals surface area contributed by atoms with E-state index in [2.05, 4.69) is 39.6 Å². The molecule has 2 aliphatic rings. The summed E-state index contributed by atoms with van der Waals surface area (Å²) in [6.07, 6.45) is 3.11. The van der Waals surface area contributed by atoms with E-state index in [0.717, 1.165) is 38.9 Å². The standard InChI is InChI=1S/C25H31N5O2/c1-20-24(31)30(22-13-6-3-7-14-22)27-23(26-20)25(32)29-17-9-16-28(18-19-29)15-8-12-21-10-4-2-5-11-21/h2-7,10-11,13-14,20H,8-9,12,15-19H2,1H3,(H,26,27). The summed E-state index contributed by atoms with van der Waals surface area (Å²) in [5.74, 6) is -0.0805. The van der Waals surface area contributed by atoms with Crippen LogP contribution < -0.4 is 10.4 Å². The van der Waals surface area contributed by atoms with E-state index in [4.69, 9.17) is 0 Å². The van der Waals surface area contributed by atoms with E-state index in [1.54, 1.807) is 6.92 Å². The number of carbonyl (C=O) groups is 2. The van der Waals surface area contributed by atoms with Crippen LogP contribution in [0.5, 0.6) is 0 Å². The van der Waals surface area contributed by atoms with E-state index in [0.29, 0.717) is 18.8 Å². The van der Waals surface area contributed by atoms with Gasteiger partial charge in [-0.1, -0.05) is 48.5 Å². The lowest BCUT2D eigenvalue weighted by Gasteiger charge is -2.32. The zero-order valence-corrected chi connectivity index (χ0v) is 18.6. The lowest BCUT2D eigenvalue weighted by Crippen LogP contribution is -2.58. The molecule has 2 aromatic rings. The number of anilines is 1. The Morgan fingerprint density at radius 1 is 1.00 bits per heavy atom. The highest BCUT2D eigenvalue weighted by molar-refractivity contribution is 6.39. The third-order valence-corrected chi connectivity index (χ3v) is 5.99. The highest BCUT2D eigenvalue weighted by Gasteiger charge is 2.33. The molecule has 0 aromatic heterocycles. The molecule has 0 saturated carbocycles. The first-order valence-electron chi connectivity index (χ1n) is 11.4. The van der Waals surface area contributed by atoms with E-state index >= 15 is 0 Å². The number of amidine groups is 1. The summed E-state index contributed by atoms with van der Waals surface area (Å²) in [5.41, 5.74) is 5.03. The number of amides is 2. The number of hydrazine groups is 1. The minimum atomic E-state index is -0.600. The van der Waals surface area contributed by atoms with Crippen molar-refractivity contribution in [2.45, 2.75) is 32.2 Å². The van der Waals surface area contributed by atoms with Crippen molar-refractivity contribution in [3.63, 3.8) is 0 Å². The van der Waals surface area contributed by atoms with Crippen LogP contribution in [-0.4, -0.2) is 66.2 Å². The maximum Gasteiger partial charge on any atom is 0.290 e. The highest BCUT2D eigenvalue weighted by Crippen LogP contribution is 2.17. The third kappa shape index (κ3) is 5.34. The Bertz CT molecular complexity index is 947. The molecule has 32 heavy (non-hydrogen) atoms. The van der Waals surface area contributed by atoms with E-state index in [1.165, 1.54) is 10.6 Å². The summed E-state index contributed by atoms with van der Waals surface area (Å²) in [6, 6.07) is 19.3. The Morgan fingerprint density at radius 3 is 2.47 bits per heavy atom. The van der Waals surface area contributed by atoms with Crippen LogP contribution >= 0.6 is 0 Å². The molecular formula is C25H31N5O2. The number of hydrogen-bond donors (Lipinski definition) is 1. The number of nitrogens with one attached hydrogen (secondary N) is 1. The quantitative estimate of drug-likeness (QED) is 0.760. The van der Waals surface area contributed by atoms with E-state index < -0.39 is 6.04 Å². The van der Waals surface area contributed by atoms with Crippen molar-refractivity contribution in [1.29, 1.82) is 0 Å². The Labute approximate surface area is 189 Å². The number of hydrogen-bond acceptors (Lipinski definition) is 5. The third-order valence-electron chi connectivity index (χ3n) is 5.99. The maximum atomic E-state index is 13.2. The first-order chi connectivity index (χ1) is 15.6. The first-order valence-corrected chi connectivity index (χ1v) is 11.4. The second-order valence-electron chi connectivity index (χ2n) is 8.35. The molecule has 2 heterocycles. The number of benzene rings is 2. The molecule has 1 fully saturated rings. The van der Waals surface area contributed by atoms with Crippen molar-refractivity contribution in [2.75, 3.05) is 37.7 Å². The molecule has 0 spiro atoms. The van der Waals surface area contributed by atoms with Gasteiger partial charge in [-0.05, 0) is 57.0 Å². The first kappa shape index (κ1) is 22.0. The summed E-state index contributed by atoms with van der Waals surface area (Å²) in [6.45, 7) is 5.96. The van der Waals surface area contributed by atoms with Crippen LogP contribution in [0.15, 0.2) is 65.7 Å². The predicted octanol–water partition coefficient (Wildman–Crippen LogP) is 2.49. The van der Waals surface area contributed by atoms with Crippen molar-refractivity contribution in [3.8, 4) is 0 Å². The number of nitrogens with zero attached hydrogens (tertiary/aromatic N) is 4. The van der Waals surface area contributed by atoms with Gasteiger partial charge in [0.25, 0.3) is 11.8 Å². The summed E-state index contributed by atoms with van der Waals surface area (Å²) < 4.78 is 0. The van der Waals surface area contributed by atoms with Crippen molar-refractivity contribution >= 4 is 23.3 Å². The lowest BCUT2D eigenvalue weighted by molar-refractivity contribution is -0.124. The second kappa shape index (κ2) is 10.4. The molecule has 4 rings (SSSR count). The number of aryl methyl sites for hydroxylation is 1. The lowest BCUT2D eigenvalue weighted by atomic mass is 10.1. The van der Waals surface area contributed by atoms with Crippen LogP contribution in [0.1, 0.15) is 25.3 Å². The van der Waals surface area contributed by atoms with Gasteiger partial charge in [0, 0.05) is 19.6 Å². The van der Waals surface area contributed by atoms with Gasteiger partial charge in [-0.3, -0.25) is 15.0 Å². The van der Waals surface area contributed by atoms with Gasteiger partial charge in [-0.2, -0.15) is 0 Å². The average molecular weight is 434 g/mol. The van der Waals surface area contributed by atoms with Crippen LogP contribution in [0.2, 0.25) is 0 Å². The van der Waals surface area contributed by atoms with Crippen LogP contribution in [0.25, 0.3) is 0 Å². The molecule has 1 unspecified atom stereocenters. The van der Waals surface area contributed by atoms with Gasteiger partial charge in [-0.25, -0.2) is 10.0 Å². The molecule has 7 nitrogen and oxygen atoms in total. The molecule has 2 aliphatic heterocycles. The van der Waals surface area contributed by atoms with Crippen molar-refractivity contribution in [2.24, 2.45) is 4.99 Å². The number of rotatable bonds is 6. The maximum absolute atomic E-state index is 13.2. The number of carbonyl (C=O) groups excluding carboxylic acids is 2. The Balaban J connectivity index is 1.33. The van der Waals surface area contributed by atoms with Crippen LogP contribution in [-0.2, 0) is 16.0 Å². The molecular weight excluding hydrogens is 402 g/mol. The Kier molecular flexibility index (Phi) is 7.17. The minimum Gasteiger partial charge on any atom is -0.335 e. The van der Waals surface area contributed by atoms with Gasteiger partial charge < -0.3 is 9.80 Å². The predicted molar refractivity (Wildman–Crippen MR) is 126 cm³/mol. The fraction of sp³-hybridized carbons (Fsp3) is 0.400. The second-order valence-corrected chi connectivity index (χ2v) is 8.35. The SMILES string of the molecule is CC1N=C(C(=O)N2CCCN(CCCc3ccccc3)CC2)NN(c2ccccc2)C1=O. The fourth-order valence-corrected chi connectivity index (χ4v) is 4.20. The number of para-hydroxylation sites is 1. The normalized spacial score (nSPS) is 19.8. The van der Waals surface area contributed by atoms with Gasteiger partial charge in [0.1, 0.15) is 6.04 Å². The van der Waals surface area contributed by atoms with E-state index in [-0.39, 0.29) is 17.6 Å². The molecule has 2 aromatic carbocycles. The summed E-state index contributed by atoms with van der Waals surface area (Å²) in [4.78, 5) is 34.5. The molecule has 1 N–H and O–H groups in total. The van der Waals surface area contributed by atoms with Crippen molar-refractivity contribution in [1.82, 2.24) is 15.2 Å². The zero-order chi connectivity index (χ0) is 22.3. The van der Waals surface area contributed by atoms with Gasteiger partial charge in [0.15, 0.2) is 0 Å². The molecule has 0 radical (unpaired) electrons. The van der Waals surface area contributed by atoms with Gasteiger partial charge in [0.2, 0.25) is 5.84 Å². The summed E-state index contributed by atoms with van der Waals surface area (Å²) in [5, 5.41) is 1.43. The van der Waals surface area contributed by atoms with Crippen LogP contribution in [0.3, 0.4) is 0 Å². The largest absolute Gasteiger partial charge is 0.335 e. The summed E-state index contributed by atoms with van der Waals surface area (Å²) >= 11 is 0. The minimum absolute atomic E-state index is 0.142.